The molecule has 0 saturated carbocycles. The number of nitrogens with one attached hydrogen (secondary N) is 1. The molecule has 1 aromatic carbocycles. The number of rotatable bonds is 6. The smallest absolute Gasteiger partial charge is 0.150 e. The highest BCUT2D eigenvalue weighted by Crippen LogP contribution is 2.23. The average Bonchev–Trinajstić information content (AvgIpc) is 2.63. The van der Waals surface area contributed by atoms with Crippen molar-refractivity contribution in [2.75, 3.05) is 24.3 Å². The third-order valence-electron chi connectivity index (χ3n) is 3.95. The Morgan fingerprint density at radius 1 is 1.17 bits per heavy atom. The highest BCUT2D eigenvalue weighted by molar-refractivity contribution is 6.35. The molecule has 1 aliphatic rings. The molecule has 0 atom stereocenters. The normalized spacial score (nSPS) is 15.4. The van der Waals surface area contributed by atoms with E-state index in [0.29, 0.717) is 30.1 Å². The maximum atomic E-state index is 6.06. The van der Waals surface area contributed by atoms with Gasteiger partial charge in [0.15, 0.2) is 5.82 Å². The highest BCUT2D eigenvalue weighted by Gasteiger charge is 2.13. The zero-order chi connectivity index (χ0) is 16.8. The van der Waals surface area contributed by atoms with Gasteiger partial charge in [0.05, 0.1) is 12.7 Å². The van der Waals surface area contributed by atoms with E-state index in [2.05, 4.69) is 39.6 Å². The minimum Gasteiger partial charge on any atom is -0.382 e. The van der Waals surface area contributed by atoms with E-state index in [1.807, 2.05) is 0 Å². The third-order valence-corrected chi connectivity index (χ3v) is 4.33. The van der Waals surface area contributed by atoms with Gasteiger partial charge in [-0.25, -0.2) is 9.97 Å². The van der Waals surface area contributed by atoms with Crippen molar-refractivity contribution in [2.45, 2.75) is 32.1 Å². The van der Waals surface area contributed by atoms with E-state index in [1.165, 1.54) is 6.33 Å². The summed E-state index contributed by atoms with van der Waals surface area (Å²) in [7, 11) is 0. The van der Waals surface area contributed by atoms with E-state index in [9.17, 15) is 0 Å². The number of benzene rings is 1. The van der Waals surface area contributed by atoms with Crippen LogP contribution in [0.25, 0.3) is 0 Å². The van der Waals surface area contributed by atoms with Gasteiger partial charge < -0.3 is 20.5 Å². The minimum atomic E-state index is 0.273. The standard InChI is InChI=1S/C17H21ClN4O2/c18-15-16(19)21-11-22-17(15)20-9-12-1-3-13(4-2-12)10-24-14-5-7-23-8-6-14/h1-4,11,14H,5-10H2,(H3,19,20,21,22). The molecule has 2 heterocycles. The molecule has 1 aromatic heterocycles. The molecule has 0 amide bonds. The lowest BCUT2D eigenvalue weighted by Crippen LogP contribution is -2.23. The summed E-state index contributed by atoms with van der Waals surface area (Å²) in [5.74, 6) is 0.811. The lowest BCUT2D eigenvalue weighted by molar-refractivity contribution is -0.0390. The predicted molar refractivity (Wildman–Crippen MR) is 93.9 cm³/mol. The topological polar surface area (TPSA) is 82.3 Å². The second-order valence-corrected chi connectivity index (χ2v) is 6.09. The van der Waals surface area contributed by atoms with Crippen LogP contribution in [0, 0.1) is 0 Å². The molecular weight excluding hydrogens is 328 g/mol. The molecule has 1 aliphatic heterocycles. The molecule has 2 aromatic rings. The number of hydrogen-bond donors (Lipinski definition) is 2. The van der Waals surface area contributed by atoms with Gasteiger partial charge in [0.2, 0.25) is 0 Å². The largest absolute Gasteiger partial charge is 0.382 e. The number of ether oxygens (including phenoxy) is 2. The van der Waals surface area contributed by atoms with E-state index < -0.39 is 0 Å². The van der Waals surface area contributed by atoms with Crippen molar-refractivity contribution < 1.29 is 9.47 Å². The first-order valence-corrected chi connectivity index (χ1v) is 8.37. The van der Waals surface area contributed by atoms with E-state index in [1.54, 1.807) is 0 Å². The van der Waals surface area contributed by atoms with Crippen LogP contribution >= 0.6 is 11.6 Å². The summed E-state index contributed by atoms with van der Waals surface area (Å²) >= 11 is 6.06. The van der Waals surface area contributed by atoms with E-state index in [0.717, 1.165) is 37.2 Å². The SMILES string of the molecule is Nc1ncnc(NCc2ccc(COC3CCOCC3)cc2)c1Cl. The average molecular weight is 349 g/mol. The van der Waals surface area contributed by atoms with Crippen LogP contribution < -0.4 is 11.1 Å². The number of nitrogens with two attached hydrogens (primary N) is 1. The summed E-state index contributed by atoms with van der Waals surface area (Å²) in [5.41, 5.74) is 7.94. The molecule has 24 heavy (non-hydrogen) atoms. The van der Waals surface area contributed by atoms with E-state index >= 15 is 0 Å². The van der Waals surface area contributed by atoms with Crippen molar-refractivity contribution in [3.8, 4) is 0 Å². The Morgan fingerprint density at radius 3 is 2.62 bits per heavy atom. The van der Waals surface area contributed by atoms with Crippen molar-refractivity contribution >= 4 is 23.2 Å². The maximum Gasteiger partial charge on any atom is 0.150 e. The summed E-state index contributed by atoms with van der Waals surface area (Å²) in [6, 6.07) is 8.28. The van der Waals surface area contributed by atoms with Crippen LogP contribution in [0.5, 0.6) is 0 Å². The predicted octanol–water partition coefficient (Wildman–Crippen LogP) is 3.02. The third kappa shape index (κ3) is 4.56. The molecule has 1 fully saturated rings. The van der Waals surface area contributed by atoms with Crippen LogP contribution in [0.3, 0.4) is 0 Å². The number of hydrogen-bond acceptors (Lipinski definition) is 6. The van der Waals surface area contributed by atoms with Crippen molar-refractivity contribution in [1.29, 1.82) is 0 Å². The van der Waals surface area contributed by atoms with Gasteiger partial charge in [0.1, 0.15) is 17.2 Å². The molecule has 128 valence electrons. The van der Waals surface area contributed by atoms with E-state index in [4.69, 9.17) is 26.8 Å². The first-order valence-electron chi connectivity index (χ1n) is 7.99. The molecule has 3 N–H and O–H groups in total. The van der Waals surface area contributed by atoms with Crippen LogP contribution in [0.2, 0.25) is 5.02 Å². The first-order chi connectivity index (χ1) is 11.7. The van der Waals surface area contributed by atoms with E-state index in [-0.39, 0.29) is 5.82 Å². The fourth-order valence-electron chi connectivity index (χ4n) is 2.50. The van der Waals surface area contributed by atoms with Gasteiger partial charge in [0.25, 0.3) is 0 Å². The molecule has 0 aliphatic carbocycles. The minimum absolute atomic E-state index is 0.273. The quantitative estimate of drug-likeness (QED) is 0.835. The number of anilines is 2. The number of nitrogens with zero attached hydrogens (tertiary/aromatic N) is 2. The Morgan fingerprint density at radius 2 is 1.88 bits per heavy atom. The summed E-state index contributed by atoms with van der Waals surface area (Å²) in [6.07, 6.45) is 3.65. The van der Waals surface area contributed by atoms with Crippen molar-refractivity contribution in [3.05, 3.63) is 46.7 Å². The van der Waals surface area contributed by atoms with Gasteiger partial charge in [-0.1, -0.05) is 35.9 Å². The van der Waals surface area contributed by atoms with Crippen molar-refractivity contribution in [1.82, 2.24) is 9.97 Å². The zero-order valence-corrected chi connectivity index (χ0v) is 14.1. The van der Waals surface area contributed by atoms with Crippen LogP contribution in [-0.2, 0) is 22.6 Å². The monoisotopic (exact) mass is 348 g/mol. The fraction of sp³-hybridized carbons (Fsp3) is 0.412. The molecule has 0 unspecified atom stereocenters. The highest BCUT2D eigenvalue weighted by atomic mass is 35.5. The van der Waals surface area contributed by atoms with Crippen LogP contribution in [-0.4, -0.2) is 29.3 Å². The molecule has 0 bridgehead atoms. The Bertz CT molecular complexity index is 660. The van der Waals surface area contributed by atoms with Crippen LogP contribution in [0.4, 0.5) is 11.6 Å². The molecule has 0 radical (unpaired) electrons. The van der Waals surface area contributed by atoms with Gasteiger partial charge in [-0.2, -0.15) is 0 Å². The van der Waals surface area contributed by atoms with Gasteiger partial charge in [-0.05, 0) is 24.0 Å². The lowest BCUT2D eigenvalue weighted by Gasteiger charge is -2.22. The summed E-state index contributed by atoms with van der Waals surface area (Å²) in [5, 5.41) is 3.51. The van der Waals surface area contributed by atoms with Gasteiger partial charge in [0, 0.05) is 19.8 Å². The van der Waals surface area contributed by atoms with Gasteiger partial charge >= 0.3 is 0 Å². The summed E-state index contributed by atoms with van der Waals surface area (Å²) in [6.45, 7) is 2.83. The maximum absolute atomic E-state index is 6.06. The number of nitrogen functional groups attached to an aromatic ring is 1. The zero-order valence-electron chi connectivity index (χ0n) is 13.4. The fourth-order valence-corrected chi connectivity index (χ4v) is 2.67. The van der Waals surface area contributed by atoms with Gasteiger partial charge in [-0.3, -0.25) is 0 Å². The summed E-state index contributed by atoms with van der Waals surface area (Å²) < 4.78 is 11.3. The van der Waals surface area contributed by atoms with Crippen molar-refractivity contribution in [2.24, 2.45) is 0 Å². The van der Waals surface area contributed by atoms with Gasteiger partial charge in [-0.15, -0.1) is 0 Å². The lowest BCUT2D eigenvalue weighted by atomic mass is 10.1. The molecule has 6 nitrogen and oxygen atoms in total. The Balaban J connectivity index is 1.50. The molecule has 0 spiro atoms. The number of aromatic nitrogens is 2. The summed E-state index contributed by atoms with van der Waals surface area (Å²) in [4.78, 5) is 7.93. The van der Waals surface area contributed by atoms with Crippen LogP contribution in [0.1, 0.15) is 24.0 Å². The molecular formula is C17H21ClN4O2. The second-order valence-electron chi connectivity index (χ2n) is 5.71. The van der Waals surface area contributed by atoms with Crippen LogP contribution in [0.15, 0.2) is 30.6 Å². The molecule has 1 saturated heterocycles. The Labute approximate surface area is 146 Å². The first kappa shape index (κ1) is 17.0. The number of halogens is 1. The Hall–Kier alpha value is -1.89. The van der Waals surface area contributed by atoms with Crippen molar-refractivity contribution in [3.63, 3.8) is 0 Å². The Kier molecular flexibility index (Phi) is 5.85. The molecule has 7 heteroatoms. The molecule has 3 rings (SSSR count). The second kappa shape index (κ2) is 8.28.